The van der Waals surface area contributed by atoms with Gasteiger partial charge >= 0.3 is 0 Å². The van der Waals surface area contributed by atoms with E-state index in [1.807, 2.05) is 18.2 Å². The Labute approximate surface area is 178 Å². The normalized spacial score (nSPS) is 10.8. The van der Waals surface area contributed by atoms with E-state index in [0.717, 1.165) is 23.9 Å². The van der Waals surface area contributed by atoms with Crippen LogP contribution in [-0.2, 0) is 17.8 Å². The summed E-state index contributed by atoms with van der Waals surface area (Å²) in [5.41, 5.74) is 1.79. The van der Waals surface area contributed by atoms with E-state index >= 15 is 0 Å². The molecule has 0 fully saturated rings. The van der Waals surface area contributed by atoms with Crippen molar-refractivity contribution >= 4 is 46.6 Å². The molecular weight excluding hydrogens is 415 g/mol. The van der Waals surface area contributed by atoms with Gasteiger partial charge in [0.2, 0.25) is 5.91 Å². The predicted octanol–water partition coefficient (Wildman–Crippen LogP) is 5.32. The number of amides is 1. The zero-order valence-electron chi connectivity index (χ0n) is 15.4. The number of nitrogens with zero attached hydrogens (tertiary/aromatic N) is 3. The number of hydrogen-bond acceptors (Lipinski definition) is 4. The fraction of sp³-hybridized carbons (Fsp3) is 0.250. The van der Waals surface area contributed by atoms with Crippen LogP contribution in [0.2, 0.25) is 10.0 Å². The first-order chi connectivity index (χ1) is 13.6. The van der Waals surface area contributed by atoms with Crippen molar-refractivity contribution in [3.05, 3.63) is 70.0 Å². The van der Waals surface area contributed by atoms with E-state index in [2.05, 4.69) is 39.1 Å². The van der Waals surface area contributed by atoms with Crippen LogP contribution < -0.4 is 5.32 Å². The number of halogens is 2. The zero-order valence-corrected chi connectivity index (χ0v) is 17.7. The van der Waals surface area contributed by atoms with E-state index in [9.17, 15) is 4.79 Å². The van der Waals surface area contributed by atoms with Crippen LogP contribution in [0.25, 0.3) is 0 Å². The number of rotatable bonds is 8. The summed E-state index contributed by atoms with van der Waals surface area (Å²) in [4.78, 5) is 12.3. The van der Waals surface area contributed by atoms with Gasteiger partial charge in [-0.1, -0.05) is 72.2 Å². The van der Waals surface area contributed by atoms with Crippen LogP contribution in [0.1, 0.15) is 24.7 Å². The van der Waals surface area contributed by atoms with Gasteiger partial charge in [0.1, 0.15) is 5.82 Å². The van der Waals surface area contributed by atoms with E-state index in [1.54, 1.807) is 18.2 Å². The summed E-state index contributed by atoms with van der Waals surface area (Å²) in [7, 11) is 0. The predicted molar refractivity (Wildman–Crippen MR) is 115 cm³/mol. The van der Waals surface area contributed by atoms with Crippen LogP contribution in [0.5, 0.6) is 0 Å². The Hall–Kier alpha value is -2.02. The van der Waals surface area contributed by atoms with Crippen molar-refractivity contribution < 1.29 is 4.79 Å². The van der Waals surface area contributed by atoms with Crippen molar-refractivity contribution in [2.75, 3.05) is 11.1 Å². The SMILES string of the molecule is CCCn1c(Cc2ccccc2)nnc1SCC(=O)Nc1ccc(Cl)c(Cl)c1. The molecule has 0 spiro atoms. The molecule has 8 heteroatoms. The molecule has 5 nitrogen and oxygen atoms in total. The molecule has 0 aliphatic rings. The van der Waals surface area contributed by atoms with Gasteiger partial charge in [-0.15, -0.1) is 10.2 Å². The lowest BCUT2D eigenvalue weighted by Crippen LogP contribution is -2.15. The summed E-state index contributed by atoms with van der Waals surface area (Å²) in [6, 6.07) is 15.2. The quantitative estimate of drug-likeness (QED) is 0.487. The van der Waals surface area contributed by atoms with E-state index in [0.29, 0.717) is 22.2 Å². The standard InChI is InChI=1S/C20H20Cl2N4OS/c1-2-10-26-18(11-14-6-4-3-5-7-14)24-25-20(26)28-13-19(27)23-15-8-9-16(21)17(22)12-15/h3-9,12H,2,10-11,13H2,1H3,(H,23,27). The summed E-state index contributed by atoms with van der Waals surface area (Å²) >= 11 is 13.3. The van der Waals surface area contributed by atoms with Gasteiger partial charge in [-0.05, 0) is 30.2 Å². The third-order valence-corrected chi connectivity index (χ3v) is 5.69. The van der Waals surface area contributed by atoms with Crippen LogP contribution in [0.4, 0.5) is 5.69 Å². The highest BCUT2D eigenvalue weighted by molar-refractivity contribution is 7.99. The Morgan fingerprint density at radius 3 is 2.61 bits per heavy atom. The van der Waals surface area contributed by atoms with Gasteiger partial charge in [-0.2, -0.15) is 0 Å². The molecule has 0 unspecified atom stereocenters. The fourth-order valence-electron chi connectivity index (χ4n) is 2.68. The molecule has 28 heavy (non-hydrogen) atoms. The molecule has 2 aromatic carbocycles. The second-order valence-electron chi connectivity index (χ2n) is 6.18. The lowest BCUT2D eigenvalue weighted by molar-refractivity contribution is -0.113. The molecule has 0 saturated heterocycles. The zero-order chi connectivity index (χ0) is 19.9. The number of thioether (sulfide) groups is 1. The topological polar surface area (TPSA) is 59.8 Å². The Morgan fingerprint density at radius 1 is 1.11 bits per heavy atom. The Morgan fingerprint density at radius 2 is 1.89 bits per heavy atom. The largest absolute Gasteiger partial charge is 0.325 e. The van der Waals surface area contributed by atoms with E-state index < -0.39 is 0 Å². The molecule has 0 aliphatic carbocycles. The maximum absolute atomic E-state index is 12.3. The third-order valence-electron chi connectivity index (χ3n) is 3.98. The highest BCUT2D eigenvalue weighted by Crippen LogP contribution is 2.25. The van der Waals surface area contributed by atoms with Crippen LogP contribution in [-0.4, -0.2) is 26.4 Å². The van der Waals surface area contributed by atoms with Gasteiger partial charge in [0.25, 0.3) is 0 Å². The second-order valence-corrected chi connectivity index (χ2v) is 7.94. The summed E-state index contributed by atoms with van der Waals surface area (Å²) in [5, 5.41) is 13.1. The molecule has 0 aliphatic heterocycles. The van der Waals surface area contributed by atoms with Gasteiger partial charge in [0, 0.05) is 18.7 Å². The number of benzene rings is 2. The van der Waals surface area contributed by atoms with E-state index in [4.69, 9.17) is 23.2 Å². The molecule has 0 saturated carbocycles. The monoisotopic (exact) mass is 434 g/mol. The maximum atomic E-state index is 12.3. The first-order valence-corrected chi connectivity index (χ1v) is 10.6. The number of carbonyl (C=O) groups is 1. The number of anilines is 1. The van der Waals surface area contributed by atoms with Gasteiger partial charge in [0.05, 0.1) is 15.8 Å². The lowest BCUT2D eigenvalue weighted by atomic mass is 10.1. The fourth-order valence-corrected chi connectivity index (χ4v) is 3.77. The maximum Gasteiger partial charge on any atom is 0.234 e. The Balaban J connectivity index is 1.64. The number of hydrogen-bond donors (Lipinski definition) is 1. The molecule has 3 rings (SSSR count). The minimum atomic E-state index is -0.140. The first-order valence-electron chi connectivity index (χ1n) is 8.90. The molecule has 1 heterocycles. The average molecular weight is 435 g/mol. The minimum Gasteiger partial charge on any atom is -0.325 e. The molecule has 1 amide bonds. The molecule has 1 N–H and O–H groups in total. The molecule has 0 atom stereocenters. The minimum absolute atomic E-state index is 0.140. The van der Waals surface area contributed by atoms with Crippen molar-refractivity contribution in [1.82, 2.24) is 14.8 Å². The second kappa shape index (κ2) is 9.96. The molecular formula is C20H20Cl2N4OS. The van der Waals surface area contributed by atoms with E-state index in [1.165, 1.54) is 17.3 Å². The van der Waals surface area contributed by atoms with Crippen molar-refractivity contribution in [1.29, 1.82) is 0 Å². The molecule has 0 radical (unpaired) electrons. The summed E-state index contributed by atoms with van der Waals surface area (Å²) < 4.78 is 2.09. The van der Waals surface area contributed by atoms with Crippen molar-refractivity contribution in [3.63, 3.8) is 0 Å². The number of aromatic nitrogens is 3. The van der Waals surface area contributed by atoms with Crippen LogP contribution in [0.3, 0.4) is 0 Å². The Bertz CT molecular complexity index is 947. The third kappa shape index (κ3) is 5.50. The van der Waals surface area contributed by atoms with Gasteiger partial charge < -0.3 is 9.88 Å². The van der Waals surface area contributed by atoms with Crippen molar-refractivity contribution in [2.24, 2.45) is 0 Å². The molecule has 0 bridgehead atoms. The van der Waals surface area contributed by atoms with Crippen molar-refractivity contribution in [3.8, 4) is 0 Å². The lowest BCUT2D eigenvalue weighted by Gasteiger charge is -2.09. The van der Waals surface area contributed by atoms with Crippen molar-refractivity contribution in [2.45, 2.75) is 31.5 Å². The van der Waals surface area contributed by atoms with E-state index in [-0.39, 0.29) is 11.7 Å². The van der Waals surface area contributed by atoms with Crippen LogP contribution in [0.15, 0.2) is 53.7 Å². The molecule has 1 aromatic heterocycles. The smallest absolute Gasteiger partial charge is 0.234 e. The summed E-state index contributed by atoms with van der Waals surface area (Å²) in [5.74, 6) is 0.993. The van der Waals surface area contributed by atoms with Gasteiger partial charge in [-0.3, -0.25) is 4.79 Å². The summed E-state index contributed by atoms with van der Waals surface area (Å²) in [6.07, 6.45) is 1.67. The molecule has 146 valence electrons. The Kier molecular flexibility index (Phi) is 7.36. The average Bonchev–Trinajstić information content (AvgIpc) is 3.06. The van der Waals surface area contributed by atoms with Gasteiger partial charge in [0.15, 0.2) is 5.16 Å². The van der Waals surface area contributed by atoms with Crippen LogP contribution in [0, 0.1) is 0 Å². The highest BCUT2D eigenvalue weighted by atomic mass is 35.5. The number of nitrogens with one attached hydrogen (secondary N) is 1. The van der Waals surface area contributed by atoms with Crippen LogP contribution >= 0.6 is 35.0 Å². The number of carbonyl (C=O) groups excluding carboxylic acids is 1. The molecule has 3 aromatic rings. The summed E-state index contributed by atoms with van der Waals surface area (Å²) in [6.45, 7) is 2.92. The van der Waals surface area contributed by atoms with Gasteiger partial charge in [-0.25, -0.2) is 0 Å². The highest BCUT2D eigenvalue weighted by Gasteiger charge is 2.14. The first kappa shape index (κ1) is 20.7.